The normalized spacial score (nSPS) is 10.1. The molecule has 1 amide bonds. The lowest BCUT2D eigenvalue weighted by Gasteiger charge is -2.19. The van der Waals surface area contributed by atoms with Gasteiger partial charge in [-0.2, -0.15) is 0 Å². The van der Waals surface area contributed by atoms with Crippen molar-refractivity contribution in [2.45, 2.75) is 13.8 Å². The number of carbonyl (C=O) groups is 1. The van der Waals surface area contributed by atoms with Gasteiger partial charge in [-0.1, -0.05) is 0 Å². The Labute approximate surface area is 94.7 Å². The minimum Gasteiger partial charge on any atom is -0.504 e. The van der Waals surface area contributed by atoms with Crippen molar-refractivity contribution in [1.82, 2.24) is 4.90 Å². The molecular weight excluding hydrogens is 206 g/mol. The van der Waals surface area contributed by atoms with Crippen molar-refractivity contribution in [2.75, 3.05) is 24.6 Å². The van der Waals surface area contributed by atoms with Crippen LogP contribution in [0.25, 0.3) is 0 Å². The van der Waals surface area contributed by atoms with Crippen LogP contribution in [-0.2, 0) is 0 Å². The van der Waals surface area contributed by atoms with Crippen LogP contribution < -0.4 is 11.5 Å². The topological polar surface area (TPSA) is 92.6 Å². The summed E-state index contributed by atoms with van der Waals surface area (Å²) in [7, 11) is 0. The summed E-state index contributed by atoms with van der Waals surface area (Å²) in [6, 6.07) is 2.87. The van der Waals surface area contributed by atoms with E-state index in [4.69, 9.17) is 11.5 Å². The van der Waals surface area contributed by atoms with E-state index in [1.165, 1.54) is 12.1 Å². The Morgan fingerprint density at radius 3 is 2.06 bits per heavy atom. The highest BCUT2D eigenvalue weighted by Crippen LogP contribution is 2.29. The van der Waals surface area contributed by atoms with E-state index in [1.54, 1.807) is 4.90 Å². The van der Waals surface area contributed by atoms with Gasteiger partial charge >= 0.3 is 0 Å². The number of carbonyl (C=O) groups excluding carboxylic acids is 1. The van der Waals surface area contributed by atoms with Gasteiger partial charge in [-0.15, -0.1) is 0 Å². The van der Waals surface area contributed by atoms with E-state index in [9.17, 15) is 9.90 Å². The molecule has 0 spiro atoms. The number of hydrogen-bond donors (Lipinski definition) is 3. The number of aromatic hydroxyl groups is 1. The third kappa shape index (κ3) is 2.18. The van der Waals surface area contributed by atoms with Gasteiger partial charge in [0.1, 0.15) is 0 Å². The van der Waals surface area contributed by atoms with Crippen LogP contribution >= 0.6 is 0 Å². The first kappa shape index (κ1) is 12.2. The molecule has 0 atom stereocenters. The molecule has 1 aromatic carbocycles. The van der Waals surface area contributed by atoms with Gasteiger partial charge in [-0.25, -0.2) is 0 Å². The lowest BCUT2D eigenvalue weighted by Crippen LogP contribution is -2.30. The molecule has 0 saturated carbocycles. The standard InChI is InChI=1S/C11H17N3O2/c1-3-14(4-2)11(16)7-5-8(12)10(15)9(13)6-7/h5-6,15H,3-4,12-13H2,1-2H3. The third-order valence-corrected chi connectivity index (χ3v) is 2.47. The smallest absolute Gasteiger partial charge is 0.253 e. The van der Waals surface area contributed by atoms with E-state index < -0.39 is 0 Å². The Kier molecular flexibility index (Phi) is 3.60. The molecule has 1 aromatic rings. The molecule has 0 unspecified atom stereocenters. The van der Waals surface area contributed by atoms with E-state index in [0.717, 1.165) is 0 Å². The van der Waals surface area contributed by atoms with Gasteiger partial charge in [0.05, 0.1) is 11.4 Å². The minimum atomic E-state index is -0.170. The fourth-order valence-electron chi connectivity index (χ4n) is 1.50. The Balaban J connectivity index is 3.10. The molecule has 0 aliphatic heterocycles. The largest absolute Gasteiger partial charge is 0.504 e. The molecule has 0 bridgehead atoms. The van der Waals surface area contributed by atoms with Gasteiger partial charge < -0.3 is 21.5 Å². The fraction of sp³-hybridized carbons (Fsp3) is 0.364. The molecule has 0 radical (unpaired) electrons. The summed E-state index contributed by atoms with van der Waals surface area (Å²) in [4.78, 5) is 13.6. The molecule has 5 N–H and O–H groups in total. The van der Waals surface area contributed by atoms with Gasteiger partial charge in [0, 0.05) is 18.7 Å². The maximum atomic E-state index is 12.0. The highest BCUT2D eigenvalue weighted by Gasteiger charge is 2.15. The number of phenolic OH excluding ortho intramolecular Hbond substituents is 1. The molecule has 0 fully saturated rings. The summed E-state index contributed by atoms with van der Waals surface area (Å²) < 4.78 is 0. The number of nitrogens with two attached hydrogens (primary N) is 2. The molecule has 16 heavy (non-hydrogen) atoms. The van der Waals surface area contributed by atoms with Crippen LogP contribution in [0.2, 0.25) is 0 Å². The second kappa shape index (κ2) is 4.74. The van der Waals surface area contributed by atoms with Crippen LogP contribution in [0.4, 0.5) is 11.4 Å². The molecule has 0 heterocycles. The fourth-order valence-corrected chi connectivity index (χ4v) is 1.50. The predicted octanol–water partition coefficient (Wildman–Crippen LogP) is 1.04. The number of nitrogen functional groups attached to an aromatic ring is 2. The van der Waals surface area contributed by atoms with Crippen molar-refractivity contribution in [1.29, 1.82) is 0 Å². The number of rotatable bonds is 3. The second-order valence-electron chi connectivity index (χ2n) is 3.48. The first-order valence-electron chi connectivity index (χ1n) is 5.18. The number of anilines is 2. The van der Waals surface area contributed by atoms with Crippen molar-refractivity contribution in [2.24, 2.45) is 0 Å². The molecule has 5 heteroatoms. The Morgan fingerprint density at radius 1 is 1.25 bits per heavy atom. The lowest BCUT2D eigenvalue weighted by atomic mass is 10.1. The molecule has 1 rings (SSSR count). The molecule has 0 saturated heterocycles. The van der Waals surface area contributed by atoms with Crippen LogP contribution in [-0.4, -0.2) is 29.0 Å². The molecular formula is C11H17N3O2. The van der Waals surface area contributed by atoms with Gasteiger partial charge in [0.25, 0.3) is 5.91 Å². The average Bonchev–Trinajstić information content (AvgIpc) is 2.26. The van der Waals surface area contributed by atoms with Crippen molar-refractivity contribution in [3.05, 3.63) is 17.7 Å². The van der Waals surface area contributed by atoms with Crippen molar-refractivity contribution < 1.29 is 9.90 Å². The second-order valence-corrected chi connectivity index (χ2v) is 3.48. The summed E-state index contributed by atoms with van der Waals surface area (Å²) in [5, 5.41) is 9.39. The summed E-state index contributed by atoms with van der Waals surface area (Å²) in [6.45, 7) is 5.04. The maximum Gasteiger partial charge on any atom is 0.253 e. The van der Waals surface area contributed by atoms with Crippen molar-refractivity contribution in [3.63, 3.8) is 0 Å². The van der Waals surface area contributed by atoms with Crippen LogP contribution in [0.3, 0.4) is 0 Å². The van der Waals surface area contributed by atoms with Crippen molar-refractivity contribution >= 4 is 17.3 Å². The van der Waals surface area contributed by atoms with E-state index in [1.807, 2.05) is 13.8 Å². The monoisotopic (exact) mass is 223 g/mol. The zero-order valence-electron chi connectivity index (χ0n) is 9.53. The number of nitrogens with zero attached hydrogens (tertiary/aromatic N) is 1. The van der Waals surface area contributed by atoms with Gasteiger partial charge in [0.2, 0.25) is 0 Å². The predicted molar refractivity (Wildman–Crippen MR) is 64.2 cm³/mol. The van der Waals surface area contributed by atoms with Crippen molar-refractivity contribution in [3.8, 4) is 5.75 Å². The highest BCUT2D eigenvalue weighted by molar-refractivity contribution is 5.97. The van der Waals surface area contributed by atoms with Crippen LogP contribution in [0.15, 0.2) is 12.1 Å². The first-order chi connectivity index (χ1) is 7.51. The average molecular weight is 223 g/mol. The maximum absolute atomic E-state index is 12.0. The summed E-state index contributed by atoms with van der Waals surface area (Å²) in [5.41, 5.74) is 11.7. The van der Waals surface area contributed by atoms with E-state index in [-0.39, 0.29) is 23.0 Å². The Morgan fingerprint density at radius 2 is 1.69 bits per heavy atom. The molecule has 0 aliphatic carbocycles. The van der Waals surface area contributed by atoms with Gasteiger partial charge in [-0.3, -0.25) is 4.79 Å². The zero-order valence-corrected chi connectivity index (χ0v) is 9.53. The lowest BCUT2D eigenvalue weighted by molar-refractivity contribution is 0.0773. The number of hydrogen-bond acceptors (Lipinski definition) is 4. The summed E-state index contributed by atoms with van der Waals surface area (Å²) in [5.74, 6) is -0.306. The Bertz CT molecular complexity index is 377. The minimum absolute atomic E-state index is 0.121. The van der Waals surface area contributed by atoms with E-state index in [0.29, 0.717) is 18.7 Å². The SMILES string of the molecule is CCN(CC)C(=O)c1cc(N)c(O)c(N)c1. The van der Waals surface area contributed by atoms with Gasteiger partial charge in [0.15, 0.2) is 5.75 Å². The molecule has 0 aliphatic rings. The highest BCUT2D eigenvalue weighted by atomic mass is 16.3. The summed E-state index contributed by atoms with van der Waals surface area (Å²) >= 11 is 0. The summed E-state index contributed by atoms with van der Waals surface area (Å²) in [6.07, 6.45) is 0. The first-order valence-corrected chi connectivity index (χ1v) is 5.18. The van der Waals surface area contributed by atoms with Crippen LogP contribution in [0, 0.1) is 0 Å². The molecule has 5 nitrogen and oxygen atoms in total. The van der Waals surface area contributed by atoms with Crippen LogP contribution in [0.1, 0.15) is 24.2 Å². The third-order valence-electron chi connectivity index (χ3n) is 2.47. The quantitative estimate of drug-likeness (QED) is 0.527. The number of phenols is 1. The zero-order chi connectivity index (χ0) is 12.3. The van der Waals surface area contributed by atoms with E-state index >= 15 is 0 Å². The molecule has 0 aromatic heterocycles. The number of amides is 1. The van der Waals surface area contributed by atoms with Gasteiger partial charge in [-0.05, 0) is 26.0 Å². The van der Waals surface area contributed by atoms with E-state index in [2.05, 4.69) is 0 Å². The van der Waals surface area contributed by atoms with Crippen LogP contribution in [0.5, 0.6) is 5.75 Å². The molecule has 88 valence electrons. The Hall–Kier alpha value is -1.91. The number of benzene rings is 1.